The molecule has 2 amide bonds. The maximum Gasteiger partial charge on any atom is 0.276 e. The summed E-state index contributed by atoms with van der Waals surface area (Å²) in [6.45, 7) is 3.87. The molecule has 0 saturated carbocycles. The SMILES string of the molecule is CNC(=O)c1cc(Br)ccc1NC(=O)C1(c2ccccc2C(C)C)CN(S(N)(=O)=O)C1. The van der Waals surface area contributed by atoms with E-state index in [1.165, 1.54) is 7.05 Å². The molecule has 4 N–H and O–H groups in total. The van der Waals surface area contributed by atoms with E-state index >= 15 is 0 Å². The molecule has 10 heteroatoms. The molecular formula is C21H25BrN4O4S. The van der Waals surface area contributed by atoms with Crippen molar-refractivity contribution in [2.45, 2.75) is 25.2 Å². The van der Waals surface area contributed by atoms with Crippen molar-refractivity contribution in [3.63, 3.8) is 0 Å². The van der Waals surface area contributed by atoms with Crippen LogP contribution >= 0.6 is 15.9 Å². The highest BCUT2D eigenvalue weighted by molar-refractivity contribution is 9.10. The van der Waals surface area contributed by atoms with Gasteiger partial charge in [-0.05, 0) is 35.2 Å². The topological polar surface area (TPSA) is 122 Å². The molecule has 0 atom stereocenters. The lowest BCUT2D eigenvalue weighted by Crippen LogP contribution is -2.67. The number of anilines is 1. The van der Waals surface area contributed by atoms with Crippen molar-refractivity contribution in [3.8, 4) is 0 Å². The molecule has 166 valence electrons. The Morgan fingerprint density at radius 1 is 1.16 bits per heavy atom. The molecule has 31 heavy (non-hydrogen) atoms. The van der Waals surface area contributed by atoms with Crippen molar-refractivity contribution in [3.05, 3.63) is 63.6 Å². The summed E-state index contributed by atoms with van der Waals surface area (Å²) in [5, 5.41) is 10.7. The summed E-state index contributed by atoms with van der Waals surface area (Å²) in [7, 11) is -2.43. The Hall–Kier alpha value is -2.27. The number of nitrogens with two attached hydrogens (primary N) is 1. The van der Waals surface area contributed by atoms with Crippen LogP contribution < -0.4 is 15.8 Å². The van der Waals surface area contributed by atoms with Gasteiger partial charge < -0.3 is 10.6 Å². The number of nitrogens with one attached hydrogen (secondary N) is 2. The Bertz CT molecular complexity index is 1130. The fourth-order valence-electron chi connectivity index (χ4n) is 3.80. The van der Waals surface area contributed by atoms with Gasteiger partial charge in [0.2, 0.25) is 5.91 Å². The van der Waals surface area contributed by atoms with Crippen molar-refractivity contribution in [1.29, 1.82) is 0 Å². The normalized spacial score (nSPS) is 15.9. The minimum absolute atomic E-state index is 0.0762. The van der Waals surface area contributed by atoms with E-state index in [4.69, 9.17) is 5.14 Å². The Balaban J connectivity index is 2.05. The summed E-state index contributed by atoms with van der Waals surface area (Å²) in [4.78, 5) is 25.9. The smallest absolute Gasteiger partial charge is 0.276 e. The highest BCUT2D eigenvalue weighted by atomic mass is 79.9. The number of rotatable bonds is 6. The average molecular weight is 509 g/mol. The quantitative estimate of drug-likeness (QED) is 0.554. The molecule has 1 aliphatic rings. The second-order valence-electron chi connectivity index (χ2n) is 7.86. The number of nitrogens with zero attached hydrogens (tertiary/aromatic N) is 1. The second-order valence-corrected chi connectivity index (χ2v) is 10.3. The van der Waals surface area contributed by atoms with Crippen molar-refractivity contribution >= 4 is 43.6 Å². The molecule has 8 nitrogen and oxygen atoms in total. The van der Waals surface area contributed by atoms with Gasteiger partial charge in [-0.3, -0.25) is 9.59 Å². The van der Waals surface area contributed by atoms with Crippen LogP contribution in [0.15, 0.2) is 46.9 Å². The maximum atomic E-state index is 13.6. The first kappa shape index (κ1) is 23.4. The highest BCUT2D eigenvalue weighted by Gasteiger charge is 2.54. The van der Waals surface area contributed by atoms with Crippen molar-refractivity contribution in [1.82, 2.24) is 9.62 Å². The molecule has 0 radical (unpaired) electrons. The van der Waals surface area contributed by atoms with E-state index in [1.807, 2.05) is 38.1 Å². The monoisotopic (exact) mass is 508 g/mol. The van der Waals surface area contributed by atoms with Crippen LogP contribution in [0.2, 0.25) is 0 Å². The predicted octanol–water partition coefficient (Wildman–Crippen LogP) is 2.33. The third-order valence-corrected chi connectivity index (χ3v) is 6.96. The van der Waals surface area contributed by atoms with Crippen molar-refractivity contribution < 1.29 is 18.0 Å². The lowest BCUT2D eigenvalue weighted by Gasteiger charge is -2.48. The van der Waals surface area contributed by atoms with Crippen LogP contribution in [-0.2, 0) is 20.4 Å². The van der Waals surface area contributed by atoms with E-state index < -0.39 is 21.5 Å². The highest BCUT2D eigenvalue weighted by Crippen LogP contribution is 2.40. The second kappa shape index (κ2) is 8.70. The van der Waals surface area contributed by atoms with Gasteiger partial charge in [-0.15, -0.1) is 0 Å². The van der Waals surface area contributed by atoms with E-state index in [9.17, 15) is 18.0 Å². The van der Waals surface area contributed by atoms with Crippen molar-refractivity contribution in [2.75, 3.05) is 25.5 Å². The summed E-state index contributed by atoms with van der Waals surface area (Å²) in [6.07, 6.45) is 0. The third-order valence-electron chi connectivity index (χ3n) is 5.49. The molecule has 0 spiro atoms. The lowest BCUT2D eigenvalue weighted by atomic mass is 9.71. The molecule has 3 rings (SSSR count). The van der Waals surface area contributed by atoms with Gasteiger partial charge in [-0.2, -0.15) is 12.7 Å². The maximum absolute atomic E-state index is 13.6. The van der Waals surface area contributed by atoms with Crippen LogP contribution in [0.1, 0.15) is 41.3 Å². The first-order valence-corrected chi connectivity index (χ1v) is 12.0. The molecule has 1 saturated heterocycles. The molecule has 2 aromatic carbocycles. The Morgan fingerprint density at radius 2 is 1.81 bits per heavy atom. The fraction of sp³-hybridized carbons (Fsp3) is 0.333. The van der Waals surface area contributed by atoms with Gasteiger partial charge in [0.15, 0.2) is 0 Å². The molecular weight excluding hydrogens is 484 g/mol. The average Bonchev–Trinajstić information content (AvgIpc) is 2.67. The Labute approximate surface area is 190 Å². The Kier molecular flexibility index (Phi) is 6.56. The first-order chi connectivity index (χ1) is 14.5. The van der Waals surface area contributed by atoms with Crippen LogP contribution in [0, 0.1) is 0 Å². The number of halogens is 1. The summed E-state index contributed by atoms with van der Waals surface area (Å²) in [6, 6.07) is 12.4. The van der Waals surface area contributed by atoms with E-state index in [-0.39, 0.29) is 24.9 Å². The summed E-state index contributed by atoms with van der Waals surface area (Å²) < 4.78 is 25.5. The molecule has 1 fully saturated rings. The van der Waals surface area contributed by atoms with Crippen LogP contribution in [0.25, 0.3) is 0 Å². The molecule has 0 bridgehead atoms. The molecule has 0 aromatic heterocycles. The summed E-state index contributed by atoms with van der Waals surface area (Å²) in [5.41, 5.74) is 1.21. The van der Waals surface area contributed by atoms with Gasteiger partial charge in [0.25, 0.3) is 16.1 Å². The first-order valence-electron chi connectivity index (χ1n) is 9.70. The zero-order chi connectivity index (χ0) is 23.0. The number of carbonyl (C=O) groups is 2. The predicted molar refractivity (Wildman–Crippen MR) is 123 cm³/mol. The fourth-order valence-corrected chi connectivity index (χ4v) is 4.96. The van der Waals surface area contributed by atoms with E-state index in [0.717, 1.165) is 15.4 Å². The number of carbonyl (C=O) groups excluding carboxylic acids is 2. The van der Waals surface area contributed by atoms with Crippen LogP contribution in [-0.4, -0.2) is 44.7 Å². The van der Waals surface area contributed by atoms with Gasteiger partial charge in [0.1, 0.15) is 5.41 Å². The number of benzene rings is 2. The lowest BCUT2D eigenvalue weighted by molar-refractivity contribution is -0.125. The van der Waals surface area contributed by atoms with E-state index in [1.54, 1.807) is 18.2 Å². The Morgan fingerprint density at radius 3 is 2.39 bits per heavy atom. The molecule has 2 aromatic rings. The van der Waals surface area contributed by atoms with Gasteiger partial charge in [-0.1, -0.05) is 54.0 Å². The molecule has 1 heterocycles. The standard InChI is InChI=1S/C21H25BrN4O4S/c1-13(2)15-6-4-5-7-17(15)21(11-26(12-21)31(23,29)30)20(28)25-18-9-8-14(22)10-16(18)19(27)24-3/h4-10,13H,11-12H2,1-3H3,(H,24,27)(H,25,28)(H2,23,29,30). The molecule has 0 aliphatic carbocycles. The minimum atomic E-state index is -3.93. The van der Waals surface area contributed by atoms with Crippen LogP contribution in [0.4, 0.5) is 5.69 Å². The largest absolute Gasteiger partial charge is 0.355 e. The van der Waals surface area contributed by atoms with Gasteiger partial charge in [0, 0.05) is 24.6 Å². The molecule has 1 aliphatic heterocycles. The van der Waals surface area contributed by atoms with Crippen LogP contribution in [0.3, 0.4) is 0 Å². The number of hydrogen-bond acceptors (Lipinski definition) is 4. The minimum Gasteiger partial charge on any atom is -0.355 e. The molecule has 0 unspecified atom stereocenters. The van der Waals surface area contributed by atoms with Gasteiger partial charge in [-0.25, -0.2) is 5.14 Å². The summed E-state index contributed by atoms with van der Waals surface area (Å²) in [5.74, 6) is -0.625. The van der Waals surface area contributed by atoms with Gasteiger partial charge in [0.05, 0.1) is 11.3 Å². The van der Waals surface area contributed by atoms with E-state index in [0.29, 0.717) is 15.7 Å². The van der Waals surface area contributed by atoms with Gasteiger partial charge >= 0.3 is 0 Å². The van der Waals surface area contributed by atoms with Crippen LogP contribution in [0.5, 0.6) is 0 Å². The number of amides is 2. The van der Waals surface area contributed by atoms with E-state index in [2.05, 4.69) is 26.6 Å². The number of hydrogen-bond donors (Lipinski definition) is 3. The zero-order valence-corrected chi connectivity index (χ0v) is 19.9. The van der Waals surface area contributed by atoms with Crippen molar-refractivity contribution in [2.24, 2.45) is 5.14 Å². The zero-order valence-electron chi connectivity index (χ0n) is 17.5. The summed E-state index contributed by atoms with van der Waals surface area (Å²) >= 11 is 3.34. The third kappa shape index (κ3) is 4.52.